The van der Waals surface area contributed by atoms with Gasteiger partial charge in [0, 0.05) is 12.6 Å². The number of carboxylic acids is 1. The third-order valence-electron chi connectivity index (χ3n) is 3.78. The molecule has 0 radical (unpaired) electrons. The van der Waals surface area contributed by atoms with Crippen LogP contribution in [-0.4, -0.2) is 34.5 Å². The van der Waals surface area contributed by atoms with Crippen molar-refractivity contribution < 1.29 is 23.5 Å². The molecule has 1 heterocycles. The predicted molar refractivity (Wildman–Crippen MR) is 72.0 cm³/mol. The Hall–Kier alpha value is -1.98. The Bertz CT molecular complexity index is 574. The second-order valence-corrected chi connectivity index (χ2v) is 5.28. The van der Waals surface area contributed by atoms with E-state index in [-0.39, 0.29) is 17.7 Å². The van der Waals surface area contributed by atoms with Gasteiger partial charge in [0.1, 0.15) is 17.7 Å². The average molecular weight is 297 g/mol. The number of rotatable bonds is 2. The zero-order valence-corrected chi connectivity index (χ0v) is 11.7. The summed E-state index contributed by atoms with van der Waals surface area (Å²) in [6, 6.07) is 0.845. The van der Waals surface area contributed by atoms with Crippen LogP contribution >= 0.6 is 0 Å². The number of carbonyl (C=O) groups excluding carboxylic acids is 1. The highest BCUT2D eigenvalue weighted by Crippen LogP contribution is 2.22. The Morgan fingerprint density at radius 3 is 2.57 bits per heavy atom. The van der Waals surface area contributed by atoms with Crippen LogP contribution in [0, 0.1) is 18.6 Å². The molecule has 1 aliphatic rings. The van der Waals surface area contributed by atoms with E-state index in [4.69, 9.17) is 0 Å². The Morgan fingerprint density at radius 1 is 1.19 bits per heavy atom. The Balaban J connectivity index is 2.36. The Kier molecular flexibility index (Phi) is 4.55. The van der Waals surface area contributed by atoms with Gasteiger partial charge in [0.2, 0.25) is 0 Å². The minimum Gasteiger partial charge on any atom is -0.480 e. The van der Waals surface area contributed by atoms with Crippen LogP contribution in [-0.2, 0) is 4.79 Å². The minimum atomic E-state index is -1.09. The molecular formula is C15H17F2NO3. The molecule has 21 heavy (non-hydrogen) atoms. The van der Waals surface area contributed by atoms with E-state index in [1.807, 2.05) is 0 Å². The van der Waals surface area contributed by atoms with Crippen LogP contribution in [0.3, 0.4) is 0 Å². The third-order valence-corrected chi connectivity index (χ3v) is 3.78. The quantitative estimate of drug-likeness (QED) is 0.913. The molecule has 1 aromatic carbocycles. The molecule has 0 aromatic heterocycles. The molecule has 6 heteroatoms. The van der Waals surface area contributed by atoms with E-state index < -0.39 is 29.6 Å². The van der Waals surface area contributed by atoms with Gasteiger partial charge in [-0.3, -0.25) is 4.79 Å². The maximum Gasteiger partial charge on any atom is 0.326 e. The van der Waals surface area contributed by atoms with Crippen LogP contribution in [0.4, 0.5) is 8.78 Å². The first-order valence-corrected chi connectivity index (χ1v) is 6.91. The van der Waals surface area contributed by atoms with Crippen molar-refractivity contribution in [2.45, 2.75) is 38.6 Å². The number of nitrogens with zero attached hydrogens (tertiary/aromatic N) is 1. The SMILES string of the molecule is Cc1cc(C(=O)N2CCCCCC2C(=O)O)c(F)cc1F. The number of likely N-dealkylation sites (tertiary alicyclic amines) is 1. The number of carboxylic acid groups (broad SMARTS) is 1. The summed E-state index contributed by atoms with van der Waals surface area (Å²) in [5.74, 6) is -3.47. The van der Waals surface area contributed by atoms with Crippen molar-refractivity contribution in [1.29, 1.82) is 0 Å². The fraction of sp³-hybridized carbons (Fsp3) is 0.467. The molecule has 0 saturated carbocycles. The van der Waals surface area contributed by atoms with Gasteiger partial charge in [-0.2, -0.15) is 0 Å². The summed E-state index contributed by atoms with van der Waals surface area (Å²) in [6.07, 6.45) is 2.57. The van der Waals surface area contributed by atoms with Crippen LogP contribution in [0.1, 0.15) is 41.6 Å². The van der Waals surface area contributed by atoms with Crippen molar-refractivity contribution in [3.63, 3.8) is 0 Å². The third kappa shape index (κ3) is 3.20. The van der Waals surface area contributed by atoms with Crippen LogP contribution in [0.15, 0.2) is 12.1 Å². The van der Waals surface area contributed by atoms with E-state index in [9.17, 15) is 23.5 Å². The zero-order valence-electron chi connectivity index (χ0n) is 11.7. The summed E-state index contributed by atoms with van der Waals surface area (Å²) in [4.78, 5) is 24.9. The normalized spacial score (nSPS) is 19.2. The number of carbonyl (C=O) groups is 2. The molecule has 4 nitrogen and oxygen atoms in total. The lowest BCUT2D eigenvalue weighted by Gasteiger charge is -2.27. The number of halogens is 2. The molecule has 1 atom stereocenters. The molecule has 1 saturated heterocycles. The average Bonchev–Trinajstić information content (AvgIpc) is 2.67. The molecule has 1 amide bonds. The lowest BCUT2D eigenvalue weighted by atomic mass is 10.1. The number of aryl methyl sites for hydroxylation is 1. The summed E-state index contributed by atoms with van der Waals surface area (Å²) in [7, 11) is 0. The molecule has 1 aromatic rings. The van der Waals surface area contributed by atoms with Crippen molar-refractivity contribution in [1.82, 2.24) is 4.90 Å². The van der Waals surface area contributed by atoms with Gasteiger partial charge in [-0.1, -0.05) is 12.8 Å². The van der Waals surface area contributed by atoms with Gasteiger partial charge in [0.15, 0.2) is 0 Å². The van der Waals surface area contributed by atoms with E-state index in [1.165, 1.54) is 11.8 Å². The summed E-state index contributed by atoms with van der Waals surface area (Å²) in [5.41, 5.74) is -0.122. The predicted octanol–water partition coefficient (Wildman–Crippen LogP) is 2.74. The molecule has 0 aliphatic carbocycles. The monoisotopic (exact) mass is 297 g/mol. The Labute approximate surface area is 121 Å². The number of aliphatic carboxylic acids is 1. The van der Waals surface area contributed by atoms with Crippen molar-refractivity contribution in [3.05, 3.63) is 34.9 Å². The summed E-state index contributed by atoms with van der Waals surface area (Å²) in [5, 5.41) is 9.25. The van der Waals surface area contributed by atoms with E-state index in [1.54, 1.807) is 0 Å². The second kappa shape index (κ2) is 6.20. The van der Waals surface area contributed by atoms with E-state index in [0.29, 0.717) is 25.3 Å². The van der Waals surface area contributed by atoms with Crippen molar-refractivity contribution in [3.8, 4) is 0 Å². The first-order valence-electron chi connectivity index (χ1n) is 6.91. The molecule has 1 N–H and O–H groups in total. The first-order chi connectivity index (χ1) is 9.91. The number of hydrogen-bond acceptors (Lipinski definition) is 2. The van der Waals surface area contributed by atoms with Crippen molar-refractivity contribution in [2.75, 3.05) is 6.54 Å². The second-order valence-electron chi connectivity index (χ2n) is 5.28. The molecule has 1 aliphatic heterocycles. The van der Waals surface area contributed by atoms with Gasteiger partial charge in [-0.25, -0.2) is 13.6 Å². The van der Waals surface area contributed by atoms with Crippen LogP contribution in [0.5, 0.6) is 0 Å². The molecule has 1 fully saturated rings. The summed E-state index contributed by atoms with van der Waals surface area (Å²) < 4.78 is 27.1. The van der Waals surface area contributed by atoms with Gasteiger partial charge in [0.05, 0.1) is 5.56 Å². The fourth-order valence-corrected chi connectivity index (χ4v) is 2.58. The molecule has 1 unspecified atom stereocenters. The standard InChI is InChI=1S/C15H17F2NO3/c1-9-7-10(12(17)8-11(9)16)14(19)18-6-4-2-3-5-13(18)15(20)21/h7-8,13H,2-6H2,1H3,(H,20,21). The summed E-state index contributed by atoms with van der Waals surface area (Å²) in [6.45, 7) is 1.70. The maximum atomic E-state index is 13.8. The van der Waals surface area contributed by atoms with Crippen molar-refractivity contribution in [2.24, 2.45) is 0 Å². The summed E-state index contributed by atoms with van der Waals surface area (Å²) >= 11 is 0. The lowest BCUT2D eigenvalue weighted by molar-refractivity contribution is -0.142. The lowest BCUT2D eigenvalue weighted by Crippen LogP contribution is -2.45. The Morgan fingerprint density at radius 2 is 1.90 bits per heavy atom. The molecule has 0 spiro atoms. The molecule has 114 valence electrons. The number of hydrogen-bond donors (Lipinski definition) is 1. The van der Waals surface area contributed by atoms with Gasteiger partial charge >= 0.3 is 5.97 Å². The highest BCUT2D eigenvalue weighted by atomic mass is 19.1. The number of benzene rings is 1. The van der Waals surface area contributed by atoms with Gasteiger partial charge < -0.3 is 10.0 Å². The topological polar surface area (TPSA) is 57.6 Å². The zero-order chi connectivity index (χ0) is 15.6. The van der Waals surface area contributed by atoms with Crippen LogP contribution in [0.2, 0.25) is 0 Å². The fourth-order valence-electron chi connectivity index (χ4n) is 2.58. The van der Waals surface area contributed by atoms with E-state index >= 15 is 0 Å². The molecule has 2 rings (SSSR count). The molecule has 0 bridgehead atoms. The van der Waals surface area contributed by atoms with Gasteiger partial charge in [-0.05, 0) is 31.4 Å². The minimum absolute atomic E-state index is 0.154. The maximum absolute atomic E-state index is 13.8. The van der Waals surface area contributed by atoms with Gasteiger partial charge in [0.25, 0.3) is 5.91 Å². The largest absolute Gasteiger partial charge is 0.480 e. The van der Waals surface area contributed by atoms with Gasteiger partial charge in [-0.15, -0.1) is 0 Å². The van der Waals surface area contributed by atoms with Crippen LogP contribution < -0.4 is 0 Å². The van der Waals surface area contributed by atoms with Crippen LogP contribution in [0.25, 0.3) is 0 Å². The molecular weight excluding hydrogens is 280 g/mol. The van der Waals surface area contributed by atoms with E-state index in [0.717, 1.165) is 12.5 Å². The highest BCUT2D eigenvalue weighted by molar-refractivity contribution is 5.97. The number of amides is 1. The van der Waals surface area contributed by atoms with E-state index in [2.05, 4.69) is 0 Å². The van der Waals surface area contributed by atoms with Crippen molar-refractivity contribution >= 4 is 11.9 Å². The highest BCUT2D eigenvalue weighted by Gasteiger charge is 2.32. The first kappa shape index (κ1) is 15.4. The smallest absolute Gasteiger partial charge is 0.326 e.